The van der Waals surface area contributed by atoms with Gasteiger partial charge in [-0.05, 0) is 61.0 Å². The molecule has 0 spiro atoms. The molecule has 180 valence electrons. The standard InChI is InChI=1S/C25H21Cl2N3O5/c1-15-11-23(29-30(15)13-16-3-9-20(26)21(27)12-16)28-24(31)22-10-8-19(35-22)14-34-18-6-4-17(5-7-18)25(32)33-2/h3-12H,13-14H2,1-2H3,(H,28,29,31). The fraction of sp³-hybridized carbons (Fsp3) is 0.160. The lowest BCUT2D eigenvalue weighted by Crippen LogP contribution is -2.12. The van der Waals surface area contributed by atoms with Gasteiger partial charge in [0.15, 0.2) is 11.6 Å². The van der Waals surface area contributed by atoms with Gasteiger partial charge < -0.3 is 19.2 Å². The molecule has 35 heavy (non-hydrogen) atoms. The summed E-state index contributed by atoms with van der Waals surface area (Å²) in [5, 5.41) is 8.14. The predicted molar refractivity (Wildman–Crippen MR) is 131 cm³/mol. The van der Waals surface area contributed by atoms with Crippen LogP contribution in [0.4, 0.5) is 5.82 Å². The molecule has 0 saturated carbocycles. The van der Waals surface area contributed by atoms with Crippen molar-refractivity contribution >= 4 is 40.9 Å². The summed E-state index contributed by atoms with van der Waals surface area (Å²) >= 11 is 12.1. The van der Waals surface area contributed by atoms with Gasteiger partial charge in [-0.15, -0.1) is 0 Å². The average molecular weight is 514 g/mol. The molecule has 10 heteroatoms. The molecule has 0 aliphatic heterocycles. The smallest absolute Gasteiger partial charge is 0.337 e. The van der Waals surface area contributed by atoms with Crippen molar-refractivity contribution in [3.8, 4) is 5.75 Å². The van der Waals surface area contributed by atoms with Crippen molar-refractivity contribution in [1.29, 1.82) is 0 Å². The quantitative estimate of drug-likeness (QED) is 0.301. The first kappa shape index (κ1) is 24.4. The number of nitrogens with zero attached hydrogens (tertiary/aromatic N) is 2. The number of nitrogens with one attached hydrogen (secondary N) is 1. The Morgan fingerprint density at radius 3 is 2.51 bits per heavy atom. The molecule has 0 bridgehead atoms. The van der Waals surface area contributed by atoms with Crippen molar-refractivity contribution < 1.29 is 23.5 Å². The summed E-state index contributed by atoms with van der Waals surface area (Å²) in [6.07, 6.45) is 0. The van der Waals surface area contributed by atoms with Gasteiger partial charge in [0.1, 0.15) is 18.1 Å². The molecular formula is C25H21Cl2N3O5. The molecule has 2 aromatic heterocycles. The second-order valence-corrected chi connectivity index (χ2v) is 8.42. The van der Waals surface area contributed by atoms with E-state index in [2.05, 4.69) is 15.2 Å². The van der Waals surface area contributed by atoms with Crippen LogP contribution < -0.4 is 10.1 Å². The molecule has 0 aliphatic carbocycles. The Balaban J connectivity index is 1.34. The van der Waals surface area contributed by atoms with Crippen LogP contribution in [-0.4, -0.2) is 28.8 Å². The molecule has 4 aromatic rings. The highest BCUT2D eigenvalue weighted by molar-refractivity contribution is 6.42. The van der Waals surface area contributed by atoms with Crippen molar-refractivity contribution in [2.75, 3.05) is 12.4 Å². The number of carbonyl (C=O) groups is 2. The number of methoxy groups -OCH3 is 1. The lowest BCUT2D eigenvalue weighted by atomic mass is 10.2. The van der Waals surface area contributed by atoms with Gasteiger partial charge in [-0.3, -0.25) is 9.48 Å². The summed E-state index contributed by atoms with van der Waals surface area (Å²) in [6.45, 7) is 2.48. The van der Waals surface area contributed by atoms with Crippen LogP contribution in [-0.2, 0) is 17.9 Å². The maximum Gasteiger partial charge on any atom is 0.337 e. The third kappa shape index (κ3) is 6.03. The van der Waals surface area contributed by atoms with Crippen LogP contribution in [0.25, 0.3) is 0 Å². The Morgan fingerprint density at radius 1 is 1.03 bits per heavy atom. The molecule has 4 rings (SSSR count). The summed E-state index contributed by atoms with van der Waals surface area (Å²) in [5.74, 6) is 0.677. The van der Waals surface area contributed by atoms with E-state index in [1.807, 2.05) is 13.0 Å². The Bertz CT molecular complexity index is 1360. The minimum Gasteiger partial charge on any atom is -0.486 e. The lowest BCUT2D eigenvalue weighted by Gasteiger charge is -2.06. The third-order valence-corrected chi connectivity index (χ3v) is 5.82. The Kier molecular flexibility index (Phi) is 7.43. The lowest BCUT2D eigenvalue weighted by molar-refractivity contribution is 0.0600. The van der Waals surface area contributed by atoms with Crippen molar-refractivity contribution in [3.63, 3.8) is 0 Å². The Labute approximate surface area is 211 Å². The molecule has 0 fully saturated rings. The number of carbonyl (C=O) groups excluding carboxylic acids is 2. The maximum atomic E-state index is 12.6. The number of benzene rings is 2. The van der Waals surface area contributed by atoms with E-state index in [1.165, 1.54) is 7.11 Å². The van der Waals surface area contributed by atoms with Gasteiger partial charge in [0, 0.05) is 11.8 Å². The van der Waals surface area contributed by atoms with Crippen LogP contribution in [0.1, 0.15) is 37.9 Å². The highest BCUT2D eigenvalue weighted by atomic mass is 35.5. The largest absolute Gasteiger partial charge is 0.486 e. The average Bonchev–Trinajstić information content (AvgIpc) is 3.46. The SMILES string of the molecule is COC(=O)c1ccc(OCc2ccc(C(=O)Nc3cc(C)n(Cc4ccc(Cl)c(Cl)c4)n3)o2)cc1. The number of hydrogen-bond acceptors (Lipinski definition) is 6. The fourth-order valence-electron chi connectivity index (χ4n) is 3.26. The minimum atomic E-state index is -0.433. The molecule has 1 amide bonds. The van der Waals surface area contributed by atoms with Gasteiger partial charge in [-0.1, -0.05) is 29.3 Å². The number of aryl methyl sites for hydroxylation is 1. The molecule has 2 heterocycles. The van der Waals surface area contributed by atoms with Gasteiger partial charge >= 0.3 is 5.97 Å². The van der Waals surface area contributed by atoms with Crippen LogP contribution in [0.5, 0.6) is 5.75 Å². The normalized spacial score (nSPS) is 10.7. The number of rotatable bonds is 8. The summed E-state index contributed by atoms with van der Waals surface area (Å²) in [6, 6.07) is 16.9. The number of furan rings is 1. The van der Waals surface area contributed by atoms with E-state index in [-0.39, 0.29) is 12.4 Å². The monoisotopic (exact) mass is 513 g/mol. The van der Waals surface area contributed by atoms with E-state index < -0.39 is 11.9 Å². The van der Waals surface area contributed by atoms with Crippen LogP contribution in [0.2, 0.25) is 10.0 Å². The summed E-state index contributed by atoms with van der Waals surface area (Å²) < 4.78 is 17.7. The maximum absolute atomic E-state index is 12.6. The molecule has 8 nitrogen and oxygen atoms in total. The van der Waals surface area contributed by atoms with Crippen molar-refractivity contribution in [3.05, 3.63) is 99.1 Å². The minimum absolute atomic E-state index is 0.113. The van der Waals surface area contributed by atoms with Crippen molar-refractivity contribution in [2.24, 2.45) is 0 Å². The number of esters is 1. The van der Waals surface area contributed by atoms with Crippen LogP contribution in [0, 0.1) is 6.92 Å². The number of amides is 1. The predicted octanol–water partition coefficient (Wildman–Crippen LogP) is 5.76. The first-order chi connectivity index (χ1) is 16.8. The van der Waals surface area contributed by atoms with E-state index in [0.29, 0.717) is 39.5 Å². The molecule has 1 N–H and O–H groups in total. The van der Waals surface area contributed by atoms with Gasteiger partial charge in [0.2, 0.25) is 0 Å². The van der Waals surface area contributed by atoms with Crippen LogP contribution in [0.15, 0.2) is 65.1 Å². The first-order valence-electron chi connectivity index (χ1n) is 10.5. The molecule has 0 saturated heterocycles. The van der Waals surface area contributed by atoms with E-state index in [4.69, 9.17) is 32.4 Å². The van der Waals surface area contributed by atoms with Crippen molar-refractivity contribution in [2.45, 2.75) is 20.1 Å². The zero-order valence-corrected chi connectivity index (χ0v) is 20.4. The number of halogens is 2. The number of hydrogen-bond donors (Lipinski definition) is 1. The Hall–Kier alpha value is -3.75. The van der Waals surface area contributed by atoms with Gasteiger partial charge in [-0.25, -0.2) is 4.79 Å². The number of aromatic nitrogens is 2. The molecule has 0 radical (unpaired) electrons. The molecule has 0 unspecified atom stereocenters. The highest BCUT2D eigenvalue weighted by Gasteiger charge is 2.15. The highest BCUT2D eigenvalue weighted by Crippen LogP contribution is 2.23. The number of anilines is 1. The zero-order chi connectivity index (χ0) is 24.9. The van der Waals surface area contributed by atoms with Crippen LogP contribution >= 0.6 is 23.2 Å². The fourth-order valence-corrected chi connectivity index (χ4v) is 3.58. The summed E-state index contributed by atoms with van der Waals surface area (Å²) in [7, 11) is 1.32. The van der Waals surface area contributed by atoms with E-state index in [1.54, 1.807) is 59.3 Å². The second-order valence-electron chi connectivity index (χ2n) is 7.60. The van der Waals surface area contributed by atoms with E-state index in [9.17, 15) is 9.59 Å². The molecular weight excluding hydrogens is 493 g/mol. The van der Waals surface area contributed by atoms with Crippen LogP contribution in [0.3, 0.4) is 0 Å². The second kappa shape index (κ2) is 10.7. The van der Waals surface area contributed by atoms with Gasteiger partial charge in [0.25, 0.3) is 5.91 Å². The van der Waals surface area contributed by atoms with E-state index >= 15 is 0 Å². The zero-order valence-electron chi connectivity index (χ0n) is 18.9. The van der Waals surface area contributed by atoms with Gasteiger partial charge in [0.05, 0.1) is 29.3 Å². The topological polar surface area (TPSA) is 95.6 Å². The van der Waals surface area contributed by atoms with Gasteiger partial charge in [-0.2, -0.15) is 5.10 Å². The molecule has 0 aliphatic rings. The molecule has 0 atom stereocenters. The summed E-state index contributed by atoms with van der Waals surface area (Å²) in [4.78, 5) is 24.1. The van der Waals surface area contributed by atoms with Crippen molar-refractivity contribution in [1.82, 2.24) is 9.78 Å². The Morgan fingerprint density at radius 2 is 1.80 bits per heavy atom. The molecule has 2 aromatic carbocycles. The van der Waals surface area contributed by atoms with E-state index in [0.717, 1.165) is 11.3 Å². The summed E-state index contributed by atoms with van der Waals surface area (Å²) in [5.41, 5.74) is 2.21. The third-order valence-electron chi connectivity index (χ3n) is 5.08. The number of ether oxygens (including phenoxy) is 2. The first-order valence-corrected chi connectivity index (χ1v) is 11.3.